The lowest BCUT2D eigenvalue weighted by molar-refractivity contribution is -0.192. The Morgan fingerprint density at radius 3 is 2.89 bits per heavy atom. The van der Waals surface area contributed by atoms with Crippen molar-refractivity contribution in [1.82, 2.24) is 0 Å². The standard InChI is InChI=1S/C24H32O3/c1-4-15-13-16-14-17(25)5-6-18(16)19-7-10-23(2)20(22(15)19)8-11-24(23)12-9-21(26-3)27-24/h4,9,12,14-15,18-22H,1,5-8,10-11,13H2,2-3H3/t15-,18+,19?,20?,21?,22?,23+,24-/m1/s1. The first-order chi connectivity index (χ1) is 13.0. The van der Waals surface area contributed by atoms with Crippen LogP contribution < -0.4 is 0 Å². The van der Waals surface area contributed by atoms with Gasteiger partial charge in [0.15, 0.2) is 12.1 Å². The van der Waals surface area contributed by atoms with Crippen molar-refractivity contribution in [3.63, 3.8) is 0 Å². The van der Waals surface area contributed by atoms with E-state index in [1.807, 2.05) is 6.08 Å². The fourth-order valence-electron chi connectivity index (χ4n) is 7.68. The molecule has 0 amide bonds. The van der Waals surface area contributed by atoms with Crippen molar-refractivity contribution in [3.8, 4) is 0 Å². The molecular formula is C24H32O3. The zero-order valence-electron chi connectivity index (χ0n) is 16.7. The van der Waals surface area contributed by atoms with Crippen LogP contribution in [0, 0.1) is 35.0 Å². The molecule has 8 atom stereocenters. The second-order valence-corrected chi connectivity index (χ2v) is 9.75. The topological polar surface area (TPSA) is 35.5 Å². The number of ether oxygens (including phenoxy) is 2. The molecule has 0 N–H and O–H groups in total. The van der Waals surface area contributed by atoms with E-state index in [4.69, 9.17) is 9.47 Å². The van der Waals surface area contributed by atoms with Crippen LogP contribution in [0.4, 0.5) is 0 Å². The second-order valence-electron chi connectivity index (χ2n) is 9.75. The number of rotatable bonds is 2. The van der Waals surface area contributed by atoms with Gasteiger partial charge in [0, 0.05) is 18.9 Å². The Balaban J connectivity index is 1.50. The summed E-state index contributed by atoms with van der Waals surface area (Å²) in [7, 11) is 1.73. The van der Waals surface area contributed by atoms with Crippen LogP contribution in [0.2, 0.25) is 0 Å². The molecule has 0 aromatic heterocycles. The lowest BCUT2D eigenvalue weighted by Crippen LogP contribution is -2.54. The van der Waals surface area contributed by atoms with Crippen LogP contribution >= 0.6 is 0 Å². The molecule has 3 fully saturated rings. The van der Waals surface area contributed by atoms with Gasteiger partial charge in [-0.25, -0.2) is 0 Å². The quantitative estimate of drug-likeness (QED) is 0.655. The third kappa shape index (κ3) is 2.37. The molecule has 0 radical (unpaired) electrons. The van der Waals surface area contributed by atoms with E-state index in [0.29, 0.717) is 35.4 Å². The molecule has 0 aromatic rings. The third-order valence-corrected chi connectivity index (χ3v) is 8.96. The highest BCUT2D eigenvalue weighted by atomic mass is 16.7. The van der Waals surface area contributed by atoms with Gasteiger partial charge >= 0.3 is 0 Å². The smallest absolute Gasteiger partial charge is 0.177 e. The number of hydrogen-bond acceptors (Lipinski definition) is 3. The van der Waals surface area contributed by atoms with Crippen LogP contribution in [0.25, 0.3) is 0 Å². The van der Waals surface area contributed by atoms with Gasteiger partial charge in [0.2, 0.25) is 0 Å². The third-order valence-electron chi connectivity index (χ3n) is 8.96. The van der Waals surface area contributed by atoms with Crippen LogP contribution in [0.15, 0.2) is 36.5 Å². The number of allylic oxidation sites excluding steroid dienone is 2. The number of carbonyl (C=O) groups excluding carboxylic acids is 1. The molecule has 1 aliphatic heterocycles. The van der Waals surface area contributed by atoms with Crippen LogP contribution in [-0.2, 0) is 14.3 Å². The molecule has 0 bridgehead atoms. The number of hydrogen-bond donors (Lipinski definition) is 0. The van der Waals surface area contributed by atoms with Gasteiger partial charge in [-0.05, 0) is 80.3 Å². The highest BCUT2D eigenvalue weighted by Gasteiger charge is 2.65. The summed E-state index contributed by atoms with van der Waals surface area (Å²) in [5.41, 5.74) is 1.43. The number of fused-ring (bicyclic) bond motifs is 6. The van der Waals surface area contributed by atoms with E-state index in [2.05, 4.69) is 31.7 Å². The van der Waals surface area contributed by atoms with Gasteiger partial charge in [-0.2, -0.15) is 0 Å². The molecule has 5 aliphatic rings. The summed E-state index contributed by atoms with van der Waals surface area (Å²) in [6, 6.07) is 0. The minimum Gasteiger partial charge on any atom is -0.352 e. The maximum atomic E-state index is 12.0. The Morgan fingerprint density at radius 2 is 2.15 bits per heavy atom. The second kappa shape index (κ2) is 6.15. The minimum atomic E-state index is -0.196. The average Bonchev–Trinajstić information content (AvgIpc) is 3.23. The molecule has 4 unspecified atom stereocenters. The van der Waals surface area contributed by atoms with Crippen LogP contribution in [-0.4, -0.2) is 24.8 Å². The van der Waals surface area contributed by atoms with Gasteiger partial charge in [0.1, 0.15) is 0 Å². The molecule has 27 heavy (non-hydrogen) atoms. The van der Waals surface area contributed by atoms with E-state index < -0.39 is 0 Å². The summed E-state index contributed by atoms with van der Waals surface area (Å²) in [5.74, 6) is 3.49. The average molecular weight is 369 g/mol. The Kier molecular flexibility index (Phi) is 4.07. The van der Waals surface area contributed by atoms with E-state index in [0.717, 1.165) is 25.7 Å². The zero-order valence-corrected chi connectivity index (χ0v) is 16.7. The summed E-state index contributed by atoms with van der Waals surface area (Å²) >= 11 is 0. The largest absolute Gasteiger partial charge is 0.352 e. The van der Waals surface area contributed by atoms with E-state index in [1.54, 1.807) is 7.11 Å². The van der Waals surface area contributed by atoms with Crippen molar-refractivity contribution in [2.75, 3.05) is 7.11 Å². The van der Waals surface area contributed by atoms with E-state index in [1.165, 1.54) is 24.8 Å². The van der Waals surface area contributed by atoms with Crippen molar-refractivity contribution < 1.29 is 14.3 Å². The number of methoxy groups -OCH3 is 1. The van der Waals surface area contributed by atoms with Gasteiger partial charge < -0.3 is 9.47 Å². The van der Waals surface area contributed by atoms with Gasteiger partial charge in [-0.1, -0.05) is 24.6 Å². The van der Waals surface area contributed by atoms with Crippen LogP contribution in [0.5, 0.6) is 0 Å². The van der Waals surface area contributed by atoms with Gasteiger partial charge in [0.25, 0.3) is 0 Å². The normalized spacial score (nSPS) is 50.9. The Labute approximate surface area is 162 Å². The molecule has 3 saturated carbocycles. The van der Waals surface area contributed by atoms with Crippen LogP contribution in [0.3, 0.4) is 0 Å². The van der Waals surface area contributed by atoms with Crippen molar-refractivity contribution in [1.29, 1.82) is 0 Å². The fourth-order valence-corrected chi connectivity index (χ4v) is 7.68. The summed E-state index contributed by atoms with van der Waals surface area (Å²) in [5, 5.41) is 0. The summed E-state index contributed by atoms with van der Waals surface area (Å²) < 4.78 is 12.0. The maximum Gasteiger partial charge on any atom is 0.177 e. The van der Waals surface area contributed by atoms with Crippen LogP contribution in [0.1, 0.15) is 51.9 Å². The van der Waals surface area contributed by atoms with Crippen molar-refractivity contribution in [2.45, 2.75) is 63.8 Å². The predicted octanol–water partition coefficient (Wildman–Crippen LogP) is 4.84. The monoisotopic (exact) mass is 368 g/mol. The molecule has 3 heteroatoms. The number of carbonyl (C=O) groups is 1. The van der Waals surface area contributed by atoms with E-state index in [-0.39, 0.29) is 17.3 Å². The van der Waals surface area contributed by atoms with E-state index >= 15 is 0 Å². The Bertz CT molecular complexity index is 721. The van der Waals surface area contributed by atoms with Crippen molar-refractivity contribution in [2.24, 2.45) is 35.0 Å². The van der Waals surface area contributed by atoms with Gasteiger partial charge in [0.05, 0.1) is 5.60 Å². The highest BCUT2D eigenvalue weighted by molar-refractivity contribution is 5.91. The first-order valence-corrected chi connectivity index (χ1v) is 10.8. The molecular weight excluding hydrogens is 336 g/mol. The number of ketones is 1. The first-order valence-electron chi connectivity index (χ1n) is 10.8. The molecule has 146 valence electrons. The lowest BCUT2D eigenvalue weighted by atomic mass is 9.48. The molecule has 4 aliphatic carbocycles. The predicted molar refractivity (Wildman–Crippen MR) is 105 cm³/mol. The lowest BCUT2D eigenvalue weighted by Gasteiger charge is -2.57. The summed E-state index contributed by atoms with van der Waals surface area (Å²) in [4.78, 5) is 12.0. The minimum absolute atomic E-state index is 0.159. The Hall–Kier alpha value is -1.19. The van der Waals surface area contributed by atoms with Gasteiger partial charge in [-0.3, -0.25) is 4.79 Å². The summed E-state index contributed by atoms with van der Waals surface area (Å²) in [6.45, 7) is 6.68. The molecule has 0 aromatic carbocycles. The highest BCUT2D eigenvalue weighted by Crippen LogP contribution is 2.68. The molecule has 3 nitrogen and oxygen atoms in total. The first kappa shape index (κ1) is 17.9. The Morgan fingerprint density at radius 1 is 1.30 bits per heavy atom. The fraction of sp³-hybridized carbons (Fsp3) is 0.708. The van der Waals surface area contributed by atoms with Gasteiger partial charge in [-0.15, -0.1) is 6.58 Å². The van der Waals surface area contributed by atoms with E-state index in [9.17, 15) is 4.79 Å². The molecule has 1 spiro atoms. The molecule has 0 saturated heterocycles. The molecule has 1 heterocycles. The van der Waals surface area contributed by atoms with Crippen molar-refractivity contribution >= 4 is 5.78 Å². The summed E-state index contributed by atoms with van der Waals surface area (Å²) in [6.07, 6.45) is 16.0. The van der Waals surface area contributed by atoms with Crippen molar-refractivity contribution in [3.05, 3.63) is 36.5 Å². The maximum absolute atomic E-state index is 12.0. The molecule has 5 rings (SSSR count). The SMILES string of the molecule is C=C[C@@H]1CC2=CC(=O)CC[C@@H]2C2CC[C@@]3(C)C(CC[C@@]34C=CC(OC)O4)C21. The zero-order chi connectivity index (χ0) is 18.8.